The molecule has 0 atom stereocenters. The Balaban J connectivity index is 2.44. The van der Waals surface area contributed by atoms with Gasteiger partial charge in [-0.1, -0.05) is 0 Å². The van der Waals surface area contributed by atoms with Crippen LogP contribution < -0.4 is 0 Å². The predicted octanol–water partition coefficient (Wildman–Crippen LogP) is 2.03. The minimum absolute atomic E-state index is 0.282. The van der Waals surface area contributed by atoms with Gasteiger partial charge in [0, 0.05) is 0 Å². The third-order valence-electron chi connectivity index (χ3n) is 0.985. The van der Waals surface area contributed by atoms with Crippen molar-refractivity contribution in [3.05, 3.63) is 24.3 Å². The van der Waals surface area contributed by atoms with Crippen LogP contribution in [0.1, 0.15) is 0 Å². The molecule has 0 aliphatic heterocycles. The molecular weight excluding hydrogens is 168 g/mol. The van der Waals surface area contributed by atoms with Crippen LogP contribution in [0.4, 0.5) is 0 Å². The van der Waals surface area contributed by atoms with Gasteiger partial charge in [0.25, 0.3) is 0 Å². The predicted molar refractivity (Wildman–Crippen MR) is 27.9 cm³/mol. The summed E-state index contributed by atoms with van der Waals surface area (Å²) in [6, 6.07) is 0. The van der Waals surface area contributed by atoms with E-state index >= 15 is 0 Å². The topological polar surface area (TPSA) is 0 Å². The average Bonchev–Trinajstić information content (AvgIpc) is 2.14. The van der Waals surface area contributed by atoms with E-state index in [1.54, 1.807) is 0 Å². The standard InChI is InChI=1S/C5H5.CH3.Mo/c1-2-4-5-3-1;;/h1-5H;1H3;. The number of allylic oxidation sites excluding steroid dienone is 4. The molecule has 1 heteroatoms. The van der Waals surface area contributed by atoms with Gasteiger partial charge in [0.05, 0.1) is 0 Å². The van der Waals surface area contributed by atoms with Crippen molar-refractivity contribution in [1.29, 1.82) is 0 Å². The molecule has 0 heterocycles. The van der Waals surface area contributed by atoms with Crippen LogP contribution in [0.2, 0.25) is 9.62 Å². The SMILES string of the molecule is [CH3][Mo][CH]1C=CC=C1. The molecule has 0 aromatic rings. The minimum atomic E-state index is 0.282. The quantitative estimate of drug-likeness (QED) is 0.536. The van der Waals surface area contributed by atoms with Crippen LogP contribution in [0.15, 0.2) is 24.3 Å². The van der Waals surface area contributed by atoms with E-state index in [1.165, 1.54) is 0 Å². The van der Waals surface area contributed by atoms with Gasteiger partial charge in [-0.25, -0.2) is 0 Å². The summed E-state index contributed by atoms with van der Waals surface area (Å²) in [6.07, 6.45) is 8.84. The first-order valence-corrected chi connectivity index (χ1v) is 5.48. The zero-order valence-corrected chi connectivity index (χ0v) is 6.30. The van der Waals surface area contributed by atoms with Gasteiger partial charge in [-0.15, -0.1) is 0 Å². The van der Waals surface area contributed by atoms with Crippen LogP contribution in [0.3, 0.4) is 0 Å². The van der Waals surface area contributed by atoms with E-state index in [2.05, 4.69) is 29.6 Å². The Labute approximate surface area is 52.8 Å². The Morgan fingerprint density at radius 2 is 1.86 bits per heavy atom. The Morgan fingerprint density at radius 1 is 1.29 bits per heavy atom. The second-order valence-electron chi connectivity index (χ2n) is 1.47. The van der Waals surface area contributed by atoms with E-state index in [4.69, 9.17) is 0 Å². The summed E-state index contributed by atoms with van der Waals surface area (Å²) >= 11 is 0.282. The van der Waals surface area contributed by atoms with Crippen molar-refractivity contribution in [2.75, 3.05) is 0 Å². The van der Waals surface area contributed by atoms with Gasteiger partial charge in [-0.3, -0.25) is 0 Å². The molecule has 1 aliphatic carbocycles. The monoisotopic (exact) mass is 178 g/mol. The third kappa shape index (κ3) is 1.27. The van der Waals surface area contributed by atoms with Gasteiger partial charge in [0.15, 0.2) is 0 Å². The fourth-order valence-electron chi connectivity index (χ4n) is 0.569. The van der Waals surface area contributed by atoms with Crippen LogP contribution in [-0.2, 0) is 18.6 Å². The Kier molecular flexibility index (Phi) is 1.87. The van der Waals surface area contributed by atoms with Crippen molar-refractivity contribution in [3.8, 4) is 0 Å². The van der Waals surface area contributed by atoms with Gasteiger partial charge in [0.2, 0.25) is 0 Å². The molecule has 0 aromatic heterocycles. The first-order chi connectivity index (χ1) is 3.43. The molecule has 0 amide bonds. The average molecular weight is 176 g/mol. The molecule has 0 radical (unpaired) electrons. The molecule has 7 heavy (non-hydrogen) atoms. The van der Waals surface area contributed by atoms with Crippen LogP contribution in [-0.4, -0.2) is 0 Å². The van der Waals surface area contributed by atoms with Gasteiger partial charge in [0.1, 0.15) is 0 Å². The Morgan fingerprint density at radius 3 is 2.14 bits per heavy atom. The van der Waals surface area contributed by atoms with Gasteiger partial charge < -0.3 is 0 Å². The fraction of sp³-hybridized carbons (Fsp3) is 0.333. The first-order valence-electron chi connectivity index (χ1n) is 2.31. The molecule has 0 bridgehead atoms. The summed E-state index contributed by atoms with van der Waals surface area (Å²) in [5.74, 6) is 0. The van der Waals surface area contributed by atoms with Gasteiger partial charge >= 0.3 is 52.5 Å². The normalized spacial score (nSPS) is 19.0. The Bertz CT molecular complexity index is 90.7. The van der Waals surface area contributed by atoms with E-state index in [1.807, 2.05) is 0 Å². The van der Waals surface area contributed by atoms with Gasteiger partial charge in [-0.05, 0) is 0 Å². The summed E-state index contributed by atoms with van der Waals surface area (Å²) in [5, 5.41) is 2.33. The second-order valence-corrected chi connectivity index (χ2v) is 3.97. The van der Waals surface area contributed by atoms with Crippen LogP contribution in [0, 0.1) is 0 Å². The summed E-state index contributed by atoms with van der Waals surface area (Å²) in [6.45, 7) is 0. The first kappa shape index (κ1) is 5.31. The van der Waals surface area contributed by atoms with Crippen LogP contribution >= 0.6 is 0 Å². The van der Waals surface area contributed by atoms with E-state index in [9.17, 15) is 0 Å². The zero-order valence-electron chi connectivity index (χ0n) is 4.29. The summed E-state index contributed by atoms with van der Waals surface area (Å²) in [5.41, 5.74) is 0. The van der Waals surface area contributed by atoms with Crippen molar-refractivity contribution < 1.29 is 18.6 Å². The van der Waals surface area contributed by atoms with E-state index < -0.39 is 0 Å². The molecule has 0 unspecified atom stereocenters. The molecule has 0 N–H and O–H groups in total. The molecule has 1 rings (SSSR count). The molecule has 0 fully saturated rings. The number of hydrogen-bond donors (Lipinski definition) is 0. The van der Waals surface area contributed by atoms with E-state index in [0.717, 1.165) is 4.31 Å². The van der Waals surface area contributed by atoms with Crippen LogP contribution in [0.5, 0.6) is 0 Å². The summed E-state index contributed by atoms with van der Waals surface area (Å²) in [4.78, 5) is 0. The van der Waals surface area contributed by atoms with E-state index in [0.29, 0.717) is 0 Å². The molecule has 38 valence electrons. The fourth-order valence-corrected chi connectivity index (χ4v) is 1.79. The van der Waals surface area contributed by atoms with Crippen molar-refractivity contribution in [3.63, 3.8) is 0 Å². The van der Waals surface area contributed by atoms with E-state index in [-0.39, 0.29) is 18.6 Å². The molecule has 0 aromatic carbocycles. The zero-order chi connectivity index (χ0) is 5.11. The Hall–Kier alpha value is 0.168. The number of rotatable bonds is 1. The molecule has 0 spiro atoms. The van der Waals surface area contributed by atoms with Crippen molar-refractivity contribution >= 4 is 0 Å². The number of hydrogen-bond acceptors (Lipinski definition) is 0. The molecular formula is C6H8Mo. The second kappa shape index (κ2) is 2.47. The molecule has 0 saturated carbocycles. The third-order valence-corrected chi connectivity index (χ3v) is 3.10. The van der Waals surface area contributed by atoms with Crippen molar-refractivity contribution in [1.82, 2.24) is 0 Å². The summed E-state index contributed by atoms with van der Waals surface area (Å²) in [7, 11) is 0. The van der Waals surface area contributed by atoms with Crippen molar-refractivity contribution in [2.45, 2.75) is 9.62 Å². The maximum absolute atomic E-state index is 2.33. The summed E-state index contributed by atoms with van der Waals surface area (Å²) < 4.78 is 0.866. The van der Waals surface area contributed by atoms with Crippen LogP contribution in [0.25, 0.3) is 0 Å². The maximum atomic E-state index is 2.33. The molecule has 0 nitrogen and oxygen atoms in total. The van der Waals surface area contributed by atoms with Gasteiger partial charge in [-0.2, -0.15) is 0 Å². The molecule has 1 aliphatic rings. The molecule has 0 saturated heterocycles. The van der Waals surface area contributed by atoms with Crippen molar-refractivity contribution in [2.24, 2.45) is 0 Å².